The van der Waals surface area contributed by atoms with Crippen molar-refractivity contribution in [2.45, 2.75) is 33.1 Å². The molecule has 3 rings (SSSR count). The molecule has 160 valence electrons. The van der Waals surface area contributed by atoms with E-state index in [1.165, 1.54) is 13.0 Å². The Bertz CT molecular complexity index is 907. The number of para-hydroxylation sites is 1. The monoisotopic (exact) mass is 412 g/mol. The molecule has 0 spiro atoms. The molecule has 1 atom stereocenters. The lowest BCUT2D eigenvalue weighted by molar-refractivity contribution is -0.133. The molecule has 1 unspecified atom stereocenters. The van der Waals surface area contributed by atoms with E-state index in [2.05, 4.69) is 13.8 Å². The predicted octanol–water partition coefficient (Wildman–Crippen LogP) is 4.27. The maximum Gasteiger partial charge on any atom is 0.260 e. The smallest absolute Gasteiger partial charge is 0.260 e. The summed E-state index contributed by atoms with van der Waals surface area (Å²) in [5.41, 5.74) is 1.94. The number of anilines is 1. The molecule has 30 heavy (non-hydrogen) atoms. The van der Waals surface area contributed by atoms with E-state index in [1.807, 2.05) is 29.2 Å². The lowest BCUT2D eigenvalue weighted by Gasteiger charge is -2.36. The maximum absolute atomic E-state index is 14.4. The third-order valence-electron chi connectivity index (χ3n) is 5.74. The average Bonchev–Trinajstić information content (AvgIpc) is 2.77. The summed E-state index contributed by atoms with van der Waals surface area (Å²) in [6.07, 6.45) is 1.00. The number of hydrogen-bond acceptors (Lipinski definition) is 4. The number of nitrogens with zero attached hydrogens (tertiary/aromatic N) is 2. The van der Waals surface area contributed by atoms with Gasteiger partial charge in [0.25, 0.3) is 5.91 Å². The van der Waals surface area contributed by atoms with Crippen LogP contribution in [0.1, 0.15) is 49.0 Å². The number of piperazine rings is 1. The molecule has 0 bridgehead atoms. The fourth-order valence-electron chi connectivity index (χ4n) is 3.65. The second-order valence-electron chi connectivity index (χ2n) is 7.73. The zero-order valence-electron chi connectivity index (χ0n) is 17.9. The molecule has 0 N–H and O–H groups in total. The minimum atomic E-state index is -0.410. The standard InChI is InChI=1S/C24H29FN2O3/c1-4-17(2)20-7-5-6-8-23(20)30-16-24(29)27-13-11-26(12-14-27)22-10-9-19(18(3)28)15-21(22)25/h5-10,15,17H,4,11-14,16H2,1-3H3. The van der Waals surface area contributed by atoms with Gasteiger partial charge in [-0.05, 0) is 49.1 Å². The second kappa shape index (κ2) is 9.74. The third-order valence-corrected chi connectivity index (χ3v) is 5.74. The van der Waals surface area contributed by atoms with Crippen LogP contribution >= 0.6 is 0 Å². The molecule has 5 nitrogen and oxygen atoms in total. The van der Waals surface area contributed by atoms with Crippen LogP contribution in [0, 0.1) is 5.82 Å². The molecule has 1 fully saturated rings. The quantitative estimate of drug-likeness (QED) is 0.638. The molecule has 6 heteroatoms. The molecule has 0 aliphatic carbocycles. The van der Waals surface area contributed by atoms with Gasteiger partial charge in [0.1, 0.15) is 11.6 Å². The van der Waals surface area contributed by atoms with Crippen LogP contribution in [-0.4, -0.2) is 49.4 Å². The van der Waals surface area contributed by atoms with Gasteiger partial charge in [0.05, 0.1) is 5.69 Å². The number of Topliss-reactive ketones (excluding diaryl/α,β-unsaturated/α-hetero) is 1. The van der Waals surface area contributed by atoms with Gasteiger partial charge in [-0.1, -0.05) is 32.0 Å². The van der Waals surface area contributed by atoms with Gasteiger partial charge in [-0.25, -0.2) is 4.39 Å². The van der Waals surface area contributed by atoms with E-state index < -0.39 is 5.82 Å². The van der Waals surface area contributed by atoms with Crippen molar-refractivity contribution in [3.63, 3.8) is 0 Å². The zero-order valence-corrected chi connectivity index (χ0v) is 17.9. The van der Waals surface area contributed by atoms with E-state index in [4.69, 9.17) is 4.74 Å². The first-order valence-electron chi connectivity index (χ1n) is 10.5. The zero-order chi connectivity index (χ0) is 21.7. The van der Waals surface area contributed by atoms with Crippen LogP contribution in [0.15, 0.2) is 42.5 Å². The summed E-state index contributed by atoms with van der Waals surface area (Å²) in [7, 11) is 0. The first kappa shape index (κ1) is 21.8. The topological polar surface area (TPSA) is 49.9 Å². The molecule has 0 aromatic heterocycles. The lowest BCUT2D eigenvalue weighted by atomic mass is 9.98. The number of amides is 1. The van der Waals surface area contributed by atoms with Gasteiger partial charge < -0.3 is 14.5 Å². The summed E-state index contributed by atoms with van der Waals surface area (Å²) in [5.74, 6) is 0.481. The molecule has 1 aliphatic rings. The van der Waals surface area contributed by atoms with Gasteiger partial charge in [0.2, 0.25) is 0 Å². The Labute approximate surface area is 177 Å². The summed E-state index contributed by atoms with van der Waals surface area (Å²) < 4.78 is 20.2. The van der Waals surface area contributed by atoms with Crippen molar-refractivity contribution in [3.05, 3.63) is 59.4 Å². The van der Waals surface area contributed by atoms with Crippen molar-refractivity contribution in [2.24, 2.45) is 0 Å². The Morgan fingerprint density at radius 1 is 1.10 bits per heavy atom. The highest BCUT2D eigenvalue weighted by atomic mass is 19.1. The molecular formula is C24H29FN2O3. The first-order valence-corrected chi connectivity index (χ1v) is 10.5. The van der Waals surface area contributed by atoms with E-state index in [1.54, 1.807) is 17.0 Å². The van der Waals surface area contributed by atoms with E-state index in [9.17, 15) is 14.0 Å². The molecule has 1 amide bonds. The van der Waals surface area contributed by atoms with Gasteiger partial charge in [0, 0.05) is 31.7 Å². The number of halogens is 1. The number of hydrogen-bond donors (Lipinski definition) is 0. The van der Waals surface area contributed by atoms with E-state index in [-0.39, 0.29) is 18.3 Å². The molecular weight excluding hydrogens is 383 g/mol. The number of benzene rings is 2. The van der Waals surface area contributed by atoms with Crippen molar-refractivity contribution < 1.29 is 18.7 Å². The molecule has 1 aliphatic heterocycles. The molecule has 0 saturated carbocycles. The van der Waals surface area contributed by atoms with Gasteiger partial charge in [-0.3, -0.25) is 9.59 Å². The van der Waals surface area contributed by atoms with Gasteiger partial charge in [-0.15, -0.1) is 0 Å². The number of ketones is 1. The van der Waals surface area contributed by atoms with Gasteiger partial charge >= 0.3 is 0 Å². The van der Waals surface area contributed by atoms with Crippen LogP contribution < -0.4 is 9.64 Å². The molecule has 1 heterocycles. The van der Waals surface area contributed by atoms with Crippen LogP contribution in [0.25, 0.3) is 0 Å². The number of carbonyl (C=O) groups is 2. The predicted molar refractivity (Wildman–Crippen MR) is 116 cm³/mol. The van der Waals surface area contributed by atoms with Crippen LogP contribution in [0.5, 0.6) is 5.75 Å². The van der Waals surface area contributed by atoms with Crippen LogP contribution in [0.4, 0.5) is 10.1 Å². The largest absolute Gasteiger partial charge is 0.483 e. The first-order chi connectivity index (χ1) is 14.4. The minimum Gasteiger partial charge on any atom is -0.483 e. The number of carbonyl (C=O) groups excluding carboxylic acids is 2. The third kappa shape index (κ3) is 4.99. The Morgan fingerprint density at radius 3 is 2.43 bits per heavy atom. The van der Waals surface area contributed by atoms with Crippen molar-refractivity contribution >= 4 is 17.4 Å². The average molecular weight is 413 g/mol. The number of rotatable bonds is 7. The van der Waals surface area contributed by atoms with E-state index in [0.29, 0.717) is 43.3 Å². The van der Waals surface area contributed by atoms with Gasteiger partial charge in [-0.2, -0.15) is 0 Å². The Hall–Kier alpha value is -2.89. The summed E-state index contributed by atoms with van der Waals surface area (Å²) in [6.45, 7) is 7.76. The highest BCUT2D eigenvalue weighted by Gasteiger charge is 2.24. The van der Waals surface area contributed by atoms with Crippen molar-refractivity contribution in [1.82, 2.24) is 4.90 Å². The molecule has 2 aromatic rings. The molecule has 0 radical (unpaired) electrons. The maximum atomic E-state index is 14.4. The molecule has 1 saturated heterocycles. The summed E-state index contributed by atoms with van der Waals surface area (Å²) >= 11 is 0. The number of ether oxygens (including phenoxy) is 1. The van der Waals surface area contributed by atoms with E-state index in [0.717, 1.165) is 17.7 Å². The van der Waals surface area contributed by atoms with Crippen LogP contribution in [-0.2, 0) is 4.79 Å². The van der Waals surface area contributed by atoms with Crippen LogP contribution in [0.2, 0.25) is 0 Å². The van der Waals surface area contributed by atoms with E-state index >= 15 is 0 Å². The Kier molecular flexibility index (Phi) is 7.08. The fourth-order valence-corrected chi connectivity index (χ4v) is 3.65. The van der Waals surface area contributed by atoms with Crippen molar-refractivity contribution in [3.8, 4) is 5.75 Å². The highest BCUT2D eigenvalue weighted by molar-refractivity contribution is 5.94. The van der Waals surface area contributed by atoms with Gasteiger partial charge in [0.15, 0.2) is 12.4 Å². The lowest BCUT2D eigenvalue weighted by Crippen LogP contribution is -2.50. The second-order valence-corrected chi connectivity index (χ2v) is 7.73. The SMILES string of the molecule is CCC(C)c1ccccc1OCC(=O)N1CCN(c2ccc(C(C)=O)cc2F)CC1. The van der Waals surface area contributed by atoms with Crippen molar-refractivity contribution in [2.75, 3.05) is 37.7 Å². The highest BCUT2D eigenvalue weighted by Crippen LogP contribution is 2.28. The summed E-state index contributed by atoms with van der Waals surface area (Å²) in [5, 5.41) is 0. The normalized spacial score (nSPS) is 15.1. The fraction of sp³-hybridized carbons (Fsp3) is 0.417. The molecule has 2 aromatic carbocycles. The Balaban J connectivity index is 1.56. The summed E-state index contributed by atoms with van der Waals surface area (Å²) in [4.78, 5) is 27.7. The van der Waals surface area contributed by atoms with Crippen LogP contribution in [0.3, 0.4) is 0 Å². The Morgan fingerprint density at radius 2 is 1.80 bits per heavy atom. The minimum absolute atomic E-state index is 0.00484. The van der Waals surface area contributed by atoms with Crippen molar-refractivity contribution in [1.29, 1.82) is 0 Å². The summed E-state index contributed by atoms with van der Waals surface area (Å²) in [6, 6.07) is 12.4.